The Kier molecular flexibility index (Phi) is 4.12. The van der Waals surface area contributed by atoms with E-state index in [4.69, 9.17) is 4.74 Å². The van der Waals surface area contributed by atoms with Crippen LogP contribution in [0.15, 0.2) is 35.7 Å². The first kappa shape index (κ1) is 19.3. The van der Waals surface area contributed by atoms with E-state index in [1.54, 1.807) is 12.2 Å². The summed E-state index contributed by atoms with van der Waals surface area (Å²) in [6.45, 7) is 6.88. The van der Waals surface area contributed by atoms with Crippen molar-refractivity contribution < 1.29 is 23.5 Å². The molecule has 0 bridgehead atoms. The van der Waals surface area contributed by atoms with Crippen molar-refractivity contribution >= 4 is 17.5 Å². The number of halogens is 1. The molecule has 4 aliphatic rings. The number of esters is 1. The standard InChI is InChI=1S/C23H27FO4/c1-13(25)23(28-14(2)26)10-7-18-16-12-20(24)19-11-15(27)5-8-21(19,3)17(16)6-9-22(18,23)4/h5,8,11-12,16-18H,6-7,9-10H2,1-4H3/t16-,17+,18+,21-,22+,23+/m1/s1. The molecule has 0 heterocycles. The fourth-order valence-electron chi connectivity index (χ4n) is 6.79. The second kappa shape index (κ2) is 5.98. The van der Waals surface area contributed by atoms with Gasteiger partial charge in [0.15, 0.2) is 17.2 Å². The third-order valence-corrected chi connectivity index (χ3v) is 8.17. The van der Waals surface area contributed by atoms with Crippen molar-refractivity contribution in [3.63, 3.8) is 0 Å². The Morgan fingerprint density at radius 3 is 2.46 bits per heavy atom. The lowest BCUT2D eigenvalue weighted by molar-refractivity contribution is -0.184. The highest BCUT2D eigenvalue weighted by atomic mass is 19.1. The summed E-state index contributed by atoms with van der Waals surface area (Å²) in [5, 5.41) is 0. The first-order valence-corrected chi connectivity index (χ1v) is 10.1. The molecule has 2 saturated carbocycles. The van der Waals surface area contributed by atoms with Gasteiger partial charge in [-0.2, -0.15) is 0 Å². The fraction of sp³-hybridized carbons (Fsp3) is 0.609. The topological polar surface area (TPSA) is 60.4 Å². The molecule has 0 aromatic rings. The summed E-state index contributed by atoms with van der Waals surface area (Å²) in [6, 6.07) is 0. The molecule has 5 heteroatoms. The Balaban J connectivity index is 1.80. The Morgan fingerprint density at radius 2 is 1.82 bits per heavy atom. The van der Waals surface area contributed by atoms with Crippen LogP contribution in [0.5, 0.6) is 0 Å². The molecule has 0 unspecified atom stereocenters. The quantitative estimate of drug-likeness (QED) is 0.666. The first-order valence-electron chi connectivity index (χ1n) is 10.1. The summed E-state index contributed by atoms with van der Waals surface area (Å²) >= 11 is 0. The van der Waals surface area contributed by atoms with Gasteiger partial charge in [-0.15, -0.1) is 0 Å². The lowest BCUT2D eigenvalue weighted by atomic mass is 9.48. The number of carbonyl (C=O) groups excluding carboxylic acids is 3. The maximum Gasteiger partial charge on any atom is 0.303 e. The smallest absolute Gasteiger partial charge is 0.303 e. The molecular formula is C23H27FO4. The van der Waals surface area contributed by atoms with E-state index in [1.165, 1.54) is 19.9 Å². The third-order valence-electron chi connectivity index (χ3n) is 8.17. The Bertz CT molecular complexity index is 868. The van der Waals surface area contributed by atoms with E-state index in [-0.39, 0.29) is 35.1 Å². The van der Waals surface area contributed by atoms with Crippen LogP contribution in [-0.4, -0.2) is 23.1 Å². The van der Waals surface area contributed by atoms with Gasteiger partial charge < -0.3 is 4.74 Å². The SMILES string of the molecule is CC(=O)O[C@]1(C(C)=O)CC[C@H]2[C@@H]3C=C(F)C4=CC(=O)C=C[C@]4(C)[C@H]3CC[C@@]21C. The molecule has 0 N–H and O–H groups in total. The van der Waals surface area contributed by atoms with Crippen LogP contribution in [0.4, 0.5) is 4.39 Å². The maximum absolute atomic E-state index is 15.1. The highest BCUT2D eigenvalue weighted by Crippen LogP contribution is 2.67. The van der Waals surface area contributed by atoms with Gasteiger partial charge in [0.25, 0.3) is 0 Å². The summed E-state index contributed by atoms with van der Waals surface area (Å²) in [4.78, 5) is 36.3. The van der Waals surface area contributed by atoms with Crippen LogP contribution in [0.1, 0.15) is 53.4 Å². The number of ether oxygens (including phenoxy) is 1. The summed E-state index contributed by atoms with van der Waals surface area (Å²) in [6.07, 6.45) is 9.19. The van der Waals surface area contributed by atoms with Crippen molar-refractivity contribution in [1.29, 1.82) is 0 Å². The molecule has 0 spiro atoms. The van der Waals surface area contributed by atoms with E-state index in [2.05, 4.69) is 0 Å². The predicted octanol–water partition coefficient (Wildman–Crippen LogP) is 4.26. The molecule has 28 heavy (non-hydrogen) atoms. The molecule has 4 aliphatic carbocycles. The van der Waals surface area contributed by atoms with Crippen molar-refractivity contribution in [3.05, 3.63) is 35.7 Å². The molecular weight excluding hydrogens is 359 g/mol. The molecule has 0 aliphatic heterocycles. The van der Waals surface area contributed by atoms with E-state index >= 15 is 4.39 Å². The van der Waals surface area contributed by atoms with E-state index in [1.807, 2.05) is 19.9 Å². The number of hydrogen-bond donors (Lipinski definition) is 0. The van der Waals surface area contributed by atoms with Crippen molar-refractivity contribution in [2.24, 2.45) is 28.6 Å². The van der Waals surface area contributed by atoms with E-state index < -0.39 is 22.4 Å². The second-order valence-corrected chi connectivity index (χ2v) is 9.35. The number of ketones is 2. The molecule has 0 saturated heterocycles. The average molecular weight is 386 g/mol. The zero-order valence-corrected chi connectivity index (χ0v) is 16.9. The zero-order chi connectivity index (χ0) is 20.5. The fourth-order valence-corrected chi connectivity index (χ4v) is 6.79. The van der Waals surface area contributed by atoms with E-state index in [0.717, 1.165) is 12.8 Å². The minimum atomic E-state index is -1.13. The van der Waals surface area contributed by atoms with Crippen molar-refractivity contribution in [2.75, 3.05) is 0 Å². The number of carbonyl (C=O) groups is 3. The average Bonchev–Trinajstić information content (AvgIpc) is 2.90. The van der Waals surface area contributed by atoms with Gasteiger partial charge in [0.2, 0.25) is 0 Å². The van der Waals surface area contributed by atoms with Gasteiger partial charge in [-0.05, 0) is 68.6 Å². The molecule has 0 aromatic carbocycles. The van der Waals surface area contributed by atoms with Gasteiger partial charge >= 0.3 is 5.97 Å². The number of hydrogen-bond acceptors (Lipinski definition) is 4. The van der Waals surface area contributed by atoms with Crippen LogP contribution in [0.25, 0.3) is 0 Å². The minimum Gasteiger partial charge on any atom is -0.451 e. The van der Waals surface area contributed by atoms with Gasteiger partial charge in [0, 0.05) is 23.3 Å². The predicted molar refractivity (Wildman–Crippen MR) is 102 cm³/mol. The molecule has 0 radical (unpaired) electrons. The van der Waals surface area contributed by atoms with Crippen LogP contribution in [0, 0.1) is 28.6 Å². The molecule has 4 rings (SSSR count). The minimum absolute atomic E-state index is 0.0460. The summed E-state index contributed by atoms with van der Waals surface area (Å²) in [7, 11) is 0. The monoisotopic (exact) mass is 386 g/mol. The Hall–Kier alpha value is -2.04. The van der Waals surface area contributed by atoms with Gasteiger partial charge in [-0.3, -0.25) is 14.4 Å². The second-order valence-electron chi connectivity index (χ2n) is 9.35. The highest BCUT2D eigenvalue weighted by molar-refractivity contribution is 6.01. The van der Waals surface area contributed by atoms with E-state index in [0.29, 0.717) is 18.4 Å². The van der Waals surface area contributed by atoms with Crippen molar-refractivity contribution in [3.8, 4) is 0 Å². The lowest BCUT2D eigenvalue weighted by Gasteiger charge is -2.56. The normalized spacial score (nSPS) is 44.0. The van der Waals surface area contributed by atoms with Crippen LogP contribution in [-0.2, 0) is 19.1 Å². The van der Waals surface area contributed by atoms with Crippen LogP contribution >= 0.6 is 0 Å². The molecule has 6 atom stereocenters. The number of rotatable bonds is 2. The van der Waals surface area contributed by atoms with Crippen molar-refractivity contribution in [2.45, 2.75) is 59.0 Å². The highest BCUT2D eigenvalue weighted by Gasteiger charge is 2.67. The molecule has 0 amide bonds. The Morgan fingerprint density at radius 1 is 1.14 bits per heavy atom. The summed E-state index contributed by atoms with van der Waals surface area (Å²) in [5.41, 5.74) is -1.70. The Labute approximate surface area is 164 Å². The maximum atomic E-state index is 15.1. The zero-order valence-electron chi connectivity index (χ0n) is 16.9. The van der Waals surface area contributed by atoms with Crippen molar-refractivity contribution in [1.82, 2.24) is 0 Å². The number of allylic oxidation sites excluding steroid dienone is 6. The molecule has 2 fully saturated rings. The number of Topliss-reactive ketones (excluding diaryl/α,β-unsaturated/α-hetero) is 1. The molecule has 150 valence electrons. The largest absolute Gasteiger partial charge is 0.451 e. The number of fused-ring (bicyclic) bond motifs is 5. The lowest BCUT2D eigenvalue weighted by Crippen LogP contribution is -2.58. The van der Waals surface area contributed by atoms with Gasteiger partial charge in [0.1, 0.15) is 5.83 Å². The van der Waals surface area contributed by atoms with E-state index in [9.17, 15) is 14.4 Å². The first-order chi connectivity index (χ1) is 13.0. The van der Waals surface area contributed by atoms with Crippen LogP contribution in [0.3, 0.4) is 0 Å². The van der Waals surface area contributed by atoms with Gasteiger partial charge in [-0.1, -0.05) is 19.9 Å². The van der Waals surface area contributed by atoms with Crippen LogP contribution in [0.2, 0.25) is 0 Å². The molecule has 0 aromatic heterocycles. The third kappa shape index (κ3) is 2.31. The summed E-state index contributed by atoms with van der Waals surface area (Å²) in [5.74, 6) is -0.947. The van der Waals surface area contributed by atoms with Gasteiger partial charge in [0.05, 0.1) is 0 Å². The van der Waals surface area contributed by atoms with Gasteiger partial charge in [-0.25, -0.2) is 4.39 Å². The van der Waals surface area contributed by atoms with Crippen LogP contribution < -0.4 is 0 Å². The summed E-state index contributed by atoms with van der Waals surface area (Å²) < 4.78 is 20.8. The molecule has 4 nitrogen and oxygen atoms in total.